The van der Waals surface area contributed by atoms with Gasteiger partial charge in [-0.2, -0.15) is 0 Å². The van der Waals surface area contributed by atoms with Crippen LogP contribution in [0.4, 0.5) is 0 Å². The lowest BCUT2D eigenvalue weighted by atomic mass is 9.59. The summed E-state index contributed by atoms with van der Waals surface area (Å²) < 4.78 is 1.28. The highest BCUT2D eigenvalue weighted by Crippen LogP contribution is 2.73. The third kappa shape index (κ3) is 1.17. The smallest absolute Gasteiger partial charge is 0.0274 e. The summed E-state index contributed by atoms with van der Waals surface area (Å²) in [5.41, 5.74) is 6.62. The lowest BCUT2D eigenvalue weighted by molar-refractivity contribution is 0.191. The van der Waals surface area contributed by atoms with Gasteiger partial charge in [-0.05, 0) is 72.1 Å². The summed E-state index contributed by atoms with van der Waals surface area (Å²) >= 11 is 3.85. The molecular formula is C21H19Br. The van der Waals surface area contributed by atoms with Gasteiger partial charge >= 0.3 is 0 Å². The third-order valence-corrected chi connectivity index (χ3v) is 7.99. The molecule has 5 atom stereocenters. The second kappa shape index (κ2) is 3.87. The van der Waals surface area contributed by atoms with E-state index in [1.165, 1.54) is 41.3 Å². The van der Waals surface area contributed by atoms with Crippen LogP contribution in [0.2, 0.25) is 0 Å². The normalized spacial score (nSPS) is 39.5. The lowest BCUT2D eigenvalue weighted by Crippen LogP contribution is -2.40. The standard InChI is InChI=1S/C21H19Br/c22-19-7-3-6-17-20(19)15-4-1-2-5-16(15)21(17)14-9-12-8-13(11-14)18(21)10-12/h1-7,12-14,18H,8-11H2. The molecule has 4 saturated carbocycles. The summed E-state index contributed by atoms with van der Waals surface area (Å²) in [5.74, 6) is 3.80. The maximum Gasteiger partial charge on any atom is 0.0274 e. The summed E-state index contributed by atoms with van der Waals surface area (Å²) in [5, 5.41) is 0. The van der Waals surface area contributed by atoms with Crippen molar-refractivity contribution < 1.29 is 0 Å². The second-order valence-corrected chi connectivity index (χ2v) is 8.80. The van der Waals surface area contributed by atoms with Gasteiger partial charge in [-0.1, -0.05) is 52.3 Å². The molecule has 5 aliphatic rings. The molecule has 22 heavy (non-hydrogen) atoms. The number of hydrogen-bond donors (Lipinski definition) is 0. The molecule has 1 heteroatoms. The van der Waals surface area contributed by atoms with Gasteiger partial charge in [0.15, 0.2) is 0 Å². The number of benzene rings is 2. The van der Waals surface area contributed by atoms with Crippen LogP contribution in [0.3, 0.4) is 0 Å². The van der Waals surface area contributed by atoms with Crippen LogP contribution in [0.15, 0.2) is 46.9 Å². The number of hydrogen-bond acceptors (Lipinski definition) is 0. The van der Waals surface area contributed by atoms with E-state index in [-0.39, 0.29) is 0 Å². The van der Waals surface area contributed by atoms with E-state index in [1.807, 2.05) is 0 Å². The first-order chi connectivity index (χ1) is 10.8. The molecule has 110 valence electrons. The Morgan fingerprint density at radius 1 is 0.864 bits per heavy atom. The van der Waals surface area contributed by atoms with E-state index in [0.29, 0.717) is 5.41 Å². The van der Waals surface area contributed by atoms with Crippen LogP contribution in [0.5, 0.6) is 0 Å². The van der Waals surface area contributed by atoms with Gasteiger partial charge in [0.05, 0.1) is 0 Å². The molecule has 0 heterocycles. The molecule has 2 aromatic carbocycles. The third-order valence-electron chi connectivity index (χ3n) is 7.33. The van der Waals surface area contributed by atoms with Crippen molar-refractivity contribution in [3.05, 3.63) is 58.1 Å². The quantitative estimate of drug-likeness (QED) is 0.564. The summed E-state index contributed by atoms with van der Waals surface area (Å²) in [6, 6.07) is 16.2. The minimum Gasteiger partial charge on any atom is -0.0619 e. The number of fused-ring (bicyclic) bond motifs is 3. The maximum absolute atomic E-state index is 3.85. The van der Waals surface area contributed by atoms with Crippen molar-refractivity contribution in [3.8, 4) is 11.1 Å². The summed E-state index contributed by atoms with van der Waals surface area (Å²) in [6.45, 7) is 0. The molecule has 0 radical (unpaired) electrons. The molecule has 5 unspecified atom stereocenters. The van der Waals surface area contributed by atoms with Crippen LogP contribution in [-0.2, 0) is 5.41 Å². The molecule has 0 nitrogen and oxygen atoms in total. The van der Waals surface area contributed by atoms with Gasteiger partial charge < -0.3 is 0 Å². The molecular weight excluding hydrogens is 332 g/mol. The van der Waals surface area contributed by atoms with Crippen LogP contribution in [-0.4, -0.2) is 0 Å². The summed E-state index contributed by atoms with van der Waals surface area (Å²) in [6.07, 6.45) is 5.92. The van der Waals surface area contributed by atoms with E-state index in [1.54, 1.807) is 11.1 Å². The minimum atomic E-state index is 0.341. The molecule has 4 bridgehead atoms. The summed E-state index contributed by atoms with van der Waals surface area (Å²) in [4.78, 5) is 0. The molecule has 0 aliphatic heterocycles. The van der Waals surface area contributed by atoms with E-state index < -0.39 is 0 Å². The van der Waals surface area contributed by atoms with Gasteiger partial charge in [-0.3, -0.25) is 0 Å². The van der Waals surface area contributed by atoms with Gasteiger partial charge in [-0.15, -0.1) is 0 Å². The fourth-order valence-electron chi connectivity index (χ4n) is 6.98. The first-order valence-corrected chi connectivity index (χ1v) is 9.48. The highest BCUT2D eigenvalue weighted by molar-refractivity contribution is 9.10. The topological polar surface area (TPSA) is 0 Å². The van der Waals surface area contributed by atoms with Crippen molar-refractivity contribution >= 4 is 15.9 Å². The zero-order valence-electron chi connectivity index (χ0n) is 12.6. The van der Waals surface area contributed by atoms with Gasteiger partial charge in [0, 0.05) is 15.5 Å². The predicted molar refractivity (Wildman–Crippen MR) is 92.8 cm³/mol. The zero-order valence-corrected chi connectivity index (χ0v) is 14.1. The van der Waals surface area contributed by atoms with Crippen molar-refractivity contribution in [2.45, 2.75) is 31.1 Å². The van der Waals surface area contributed by atoms with Crippen molar-refractivity contribution in [1.82, 2.24) is 0 Å². The largest absolute Gasteiger partial charge is 0.0619 e. The molecule has 2 aromatic rings. The van der Waals surface area contributed by atoms with Crippen LogP contribution < -0.4 is 0 Å². The zero-order chi connectivity index (χ0) is 14.5. The van der Waals surface area contributed by atoms with Gasteiger partial charge in [0.1, 0.15) is 0 Å². The average molecular weight is 351 g/mol. The molecule has 0 saturated heterocycles. The maximum atomic E-state index is 3.85. The second-order valence-electron chi connectivity index (χ2n) is 7.95. The molecule has 0 N–H and O–H groups in total. The fourth-order valence-corrected chi connectivity index (χ4v) is 7.56. The Hall–Kier alpha value is -1.08. The van der Waals surface area contributed by atoms with Crippen molar-refractivity contribution in [1.29, 1.82) is 0 Å². The van der Waals surface area contributed by atoms with E-state index in [4.69, 9.17) is 0 Å². The Morgan fingerprint density at radius 2 is 1.73 bits per heavy atom. The average Bonchev–Trinajstić information content (AvgIpc) is 3.07. The van der Waals surface area contributed by atoms with E-state index >= 15 is 0 Å². The fraction of sp³-hybridized carbons (Fsp3) is 0.429. The van der Waals surface area contributed by atoms with Gasteiger partial charge in [0.25, 0.3) is 0 Å². The lowest BCUT2D eigenvalue weighted by Gasteiger charge is -2.43. The number of rotatable bonds is 0. The molecule has 4 fully saturated rings. The highest BCUT2D eigenvalue weighted by Gasteiger charge is 2.65. The molecule has 0 amide bonds. The van der Waals surface area contributed by atoms with Crippen molar-refractivity contribution in [3.63, 3.8) is 0 Å². The minimum absolute atomic E-state index is 0.341. The molecule has 7 rings (SSSR count). The van der Waals surface area contributed by atoms with Crippen LogP contribution in [0.1, 0.15) is 36.8 Å². The first kappa shape index (κ1) is 12.4. The Bertz CT molecular complexity index is 803. The predicted octanol–water partition coefficient (Wildman–Crippen LogP) is 5.78. The highest BCUT2D eigenvalue weighted by atomic mass is 79.9. The first-order valence-electron chi connectivity index (χ1n) is 8.69. The van der Waals surface area contributed by atoms with Crippen LogP contribution >= 0.6 is 15.9 Å². The van der Waals surface area contributed by atoms with Gasteiger partial charge in [-0.25, -0.2) is 0 Å². The Labute approximate surface area is 140 Å². The van der Waals surface area contributed by atoms with Crippen molar-refractivity contribution in [2.24, 2.45) is 23.7 Å². The van der Waals surface area contributed by atoms with E-state index in [9.17, 15) is 0 Å². The molecule has 1 spiro atoms. The van der Waals surface area contributed by atoms with Crippen LogP contribution in [0, 0.1) is 23.7 Å². The summed E-state index contributed by atoms with van der Waals surface area (Å²) in [7, 11) is 0. The van der Waals surface area contributed by atoms with E-state index in [2.05, 4.69) is 58.4 Å². The van der Waals surface area contributed by atoms with Crippen LogP contribution in [0.25, 0.3) is 11.1 Å². The van der Waals surface area contributed by atoms with E-state index in [0.717, 1.165) is 23.7 Å². The van der Waals surface area contributed by atoms with Gasteiger partial charge in [0.2, 0.25) is 0 Å². The SMILES string of the molecule is Brc1cccc2c1-c1ccccc1C21C2CC3CC(C2)C1C3. The number of halogens is 1. The monoisotopic (exact) mass is 350 g/mol. The Kier molecular flexibility index (Phi) is 2.17. The molecule has 5 aliphatic carbocycles. The Balaban J connectivity index is 1.75. The Morgan fingerprint density at radius 3 is 2.64 bits per heavy atom. The molecule has 0 aromatic heterocycles. The van der Waals surface area contributed by atoms with Crippen molar-refractivity contribution in [2.75, 3.05) is 0 Å².